The van der Waals surface area contributed by atoms with E-state index in [1.54, 1.807) is 0 Å². The first-order valence-electron chi connectivity index (χ1n) is 18.5. The molecular weight excluding hydrogens is 631 g/mol. The number of hydrogen-bond donors (Lipinski definition) is 0. The second-order valence-corrected chi connectivity index (χ2v) is 13.7. The molecule has 3 aliphatic rings. The van der Waals surface area contributed by atoms with Gasteiger partial charge in [0.25, 0.3) is 0 Å². The third-order valence-corrected chi connectivity index (χ3v) is 10.1. The molecule has 258 valence electrons. The molecule has 1 heterocycles. The molecule has 4 aromatic carbocycles. The highest BCUT2D eigenvalue weighted by molar-refractivity contribution is 6.17. The van der Waals surface area contributed by atoms with Crippen LogP contribution in [0.4, 0.5) is 5.69 Å². The molecule has 1 atom stereocenters. The molecule has 4 aromatic rings. The molecule has 1 unspecified atom stereocenters. The number of rotatable bonds is 4. The molecule has 0 radical (unpaired) electrons. The lowest BCUT2D eigenvalue weighted by molar-refractivity contribution is 0.710. The zero-order valence-corrected chi connectivity index (χ0v) is 30.4. The van der Waals surface area contributed by atoms with E-state index in [1.807, 2.05) is 7.05 Å². The average Bonchev–Trinajstić information content (AvgIpc) is 3.42. The SMILES string of the molecule is C=C1CCC(C(N=C(c2ccccc2)c2ccccc2)=NC)/C=C2\C/C=C(/CC=C/C=C(\C)N2c2ccccc2)c2cc3c(cc2C1)C=CCC=C3. The van der Waals surface area contributed by atoms with Gasteiger partial charge in [-0.1, -0.05) is 146 Å². The minimum atomic E-state index is -0.0486. The predicted molar refractivity (Wildman–Crippen MR) is 224 cm³/mol. The molecule has 2 bridgehead atoms. The van der Waals surface area contributed by atoms with Gasteiger partial charge in [0.2, 0.25) is 0 Å². The summed E-state index contributed by atoms with van der Waals surface area (Å²) in [5.74, 6) is 0.770. The average molecular weight is 678 g/mol. The number of amidine groups is 1. The second kappa shape index (κ2) is 16.5. The molecule has 2 aliphatic carbocycles. The fourth-order valence-corrected chi connectivity index (χ4v) is 7.44. The van der Waals surface area contributed by atoms with Gasteiger partial charge in [0.05, 0.1) is 5.71 Å². The Kier molecular flexibility index (Phi) is 11.0. The van der Waals surface area contributed by atoms with Crippen LogP contribution < -0.4 is 4.90 Å². The fourth-order valence-electron chi connectivity index (χ4n) is 7.44. The molecule has 52 heavy (non-hydrogen) atoms. The van der Waals surface area contributed by atoms with Gasteiger partial charge in [-0.2, -0.15) is 0 Å². The van der Waals surface area contributed by atoms with Crippen LogP contribution in [0.3, 0.4) is 0 Å². The largest absolute Gasteiger partial charge is 0.318 e. The Morgan fingerprint density at radius 3 is 2.12 bits per heavy atom. The van der Waals surface area contributed by atoms with E-state index in [9.17, 15) is 0 Å². The lowest BCUT2D eigenvalue weighted by atomic mass is 9.86. The monoisotopic (exact) mass is 677 g/mol. The lowest BCUT2D eigenvalue weighted by Crippen LogP contribution is -2.23. The summed E-state index contributed by atoms with van der Waals surface area (Å²) in [4.78, 5) is 12.8. The minimum absolute atomic E-state index is 0.0486. The molecule has 0 amide bonds. The van der Waals surface area contributed by atoms with E-state index in [0.717, 1.165) is 72.6 Å². The summed E-state index contributed by atoms with van der Waals surface area (Å²) in [5.41, 5.74) is 14.4. The van der Waals surface area contributed by atoms with E-state index in [4.69, 9.17) is 9.98 Å². The van der Waals surface area contributed by atoms with Gasteiger partial charge in [-0.3, -0.25) is 4.99 Å². The van der Waals surface area contributed by atoms with E-state index < -0.39 is 0 Å². The molecule has 0 fully saturated rings. The van der Waals surface area contributed by atoms with Crippen LogP contribution in [-0.2, 0) is 6.42 Å². The summed E-state index contributed by atoms with van der Waals surface area (Å²) in [6, 6.07) is 36.5. The van der Waals surface area contributed by atoms with Crippen molar-refractivity contribution in [3.05, 3.63) is 203 Å². The summed E-state index contributed by atoms with van der Waals surface area (Å²) in [6.07, 6.45) is 25.8. The Morgan fingerprint density at radius 1 is 0.788 bits per heavy atom. The third-order valence-electron chi connectivity index (χ3n) is 10.1. The van der Waals surface area contributed by atoms with Crippen LogP contribution in [-0.4, -0.2) is 18.6 Å². The molecule has 3 heteroatoms. The summed E-state index contributed by atoms with van der Waals surface area (Å²) in [6.45, 7) is 6.88. The third kappa shape index (κ3) is 8.05. The van der Waals surface area contributed by atoms with Crippen LogP contribution in [0, 0.1) is 5.92 Å². The number of benzene rings is 4. The van der Waals surface area contributed by atoms with Crippen molar-refractivity contribution in [2.45, 2.75) is 45.4 Å². The molecule has 0 N–H and O–H groups in total. The molecule has 0 aromatic heterocycles. The Morgan fingerprint density at radius 2 is 1.44 bits per heavy atom. The van der Waals surface area contributed by atoms with E-state index in [-0.39, 0.29) is 5.92 Å². The Labute approximate surface area is 309 Å². The Balaban J connectivity index is 1.42. The zero-order valence-electron chi connectivity index (χ0n) is 30.4. The first-order chi connectivity index (χ1) is 25.6. The van der Waals surface area contributed by atoms with Gasteiger partial charge in [0, 0.05) is 47.6 Å². The van der Waals surface area contributed by atoms with E-state index >= 15 is 0 Å². The van der Waals surface area contributed by atoms with Crippen molar-refractivity contribution in [2.75, 3.05) is 11.9 Å². The Bertz CT molecular complexity index is 2110. The van der Waals surface area contributed by atoms with Crippen molar-refractivity contribution in [1.29, 1.82) is 0 Å². The van der Waals surface area contributed by atoms with Gasteiger partial charge in [-0.15, -0.1) is 0 Å². The standard InChI is InChI=1S/C49H47N3/c1-36-28-29-43(49(50-3)51-48(39-20-8-4-9-21-39)40-22-10-5-11-23-40)34-46-31-30-38(19-17-16-18-37(2)52(46)45-26-14-7-15-27-45)47-35-42-25-13-6-12-24-41(42)33-44(47)32-36/h4-5,7-18,20-27,30,33-35,43H,1,6,19,28-29,31-32H2,2-3H3/b17-16?,37-18+,38-30-,46-34+,50-49?. The first-order valence-corrected chi connectivity index (χ1v) is 18.5. The molecule has 0 saturated heterocycles. The van der Waals surface area contributed by atoms with Crippen molar-refractivity contribution < 1.29 is 0 Å². The van der Waals surface area contributed by atoms with Crippen LogP contribution in [0.5, 0.6) is 0 Å². The number of para-hydroxylation sites is 1. The van der Waals surface area contributed by atoms with Gasteiger partial charge in [-0.25, -0.2) is 4.99 Å². The lowest BCUT2D eigenvalue weighted by Gasteiger charge is -2.30. The second-order valence-electron chi connectivity index (χ2n) is 13.7. The minimum Gasteiger partial charge on any atom is -0.318 e. The van der Waals surface area contributed by atoms with Crippen molar-refractivity contribution in [3.63, 3.8) is 0 Å². The van der Waals surface area contributed by atoms with Crippen molar-refractivity contribution in [1.82, 2.24) is 0 Å². The summed E-state index contributed by atoms with van der Waals surface area (Å²) >= 11 is 0. The molecular formula is C49H47N3. The summed E-state index contributed by atoms with van der Waals surface area (Å²) in [7, 11) is 1.88. The van der Waals surface area contributed by atoms with E-state index in [1.165, 1.54) is 39.1 Å². The highest BCUT2D eigenvalue weighted by Crippen LogP contribution is 2.36. The quantitative estimate of drug-likeness (QED) is 0.120. The van der Waals surface area contributed by atoms with Gasteiger partial charge >= 0.3 is 0 Å². The van der Waals surface area contributed by atoms with E-state index in [2.05, 4.69) is 176 Å². The number of nitrogens with zero attached hydrogens (tertiary/aromatic N) is 3. The van der Waals surface area contributed by atoms with Gasteiger partial charge in [0.1, 0.15) is 5.84 Å². The normalized spacial score (nSPS) is 20.8. The maximum atomic E-state index is 5.44. The Hall–Kier alpha value is -5.80. The van der Waals surface area contributed by atoms with E-state index in [0.29, 0.717) is 0 Å². The predicted octanol–water partition coefficient (Wildman–Crippen LogP) is 12.2. The molecule has 1 aliphatic heterocycles. The van der Waals surface area contributed by atoms with Gasteiger partial charge < -0.3 is 4.90 Å². The summed E-state index contributed by atoms with van der Waals surface area (Å²) in [5, 5.41) is 0. The number of fused-ring (bicyclic) bond motifs is 5. The smallest absolute Gasteiger partial charge is 0.130 e. The zero-order chi connectivity index (χ0) is 35.7. The molecule has 0 spiro atoms. The maximum Gasteiger partial charge on any atom is 0.130 e. The van der Waals surface area contributed by atoms with Gasteiger partial charge in [0.15, 0.2) is 0 Å². The number of anilines is 1. The van der Waals surface area contributed by atoms with Crippen LogP contribution >= 0.6 is 0 Å². The fraction of sp³-hybridized carbons (Fsp3) is 0.184. The number of allylic oxidation sites excluding steroid dienone is 9. The van der Waals surface area contributed by atoms with Crippen molar-refractivity contribution in [3.8, 4) is 0 Å². The van der Waals surface area contributed by atoms with Crippen LogP contribution in [0.15, 0.2) is 179 Å². The van der Waals surface area contributed by atoms with Crippen molar-refractivity contribution >= 4 is 35.0 Å². The van der Waals surface area contributed by atoms with Crippen molar-refractivity contribution in [2.24, 2.45) is 15.9 Å². The number of aliphatic imine (C=N–C) groups is 2. The van der Waals surface area contributed by atoms with Crippen LogP contribution in [0.2, 0.25) is 0 Å². The summed E-state index contributed by atoms with van der Waals surface area (Å²) < 4.78 is 0. The topological polar surface area (TPSA) is 28.0 Å². The highest BCUT2D eigenvalue weighted by atomic mass is 15.2. The molecule has 3 nitrogen and oxygen atoms in total. The first kappa shape index (κ1) is 34.6. The van der Waals surface area contributed by atoms with Crippen LogP contribution in [0.1, 0.15) is 72.4 Å². The van der Waals surface area contributed by atoms with Crippen LogP contribution in [0.25, 0.3) is 17.7 Å². The highest BCUT2D eigenvalue weighted by Gasteiger charge is 2.23. The molecule has 7 rings (SSSR count). The van der Waals surface area contributed by atoms with Gasteiger partial charge in [-0.05, 0) is 91.1 Å². The maximum absolute atomic E-state index is 5.44. The number of hydrogen-bond acceptors (Lipinski definition) is 2. The molecule has 0 saturated carbocycles.